The summed E-state index contributed by atoms with van der Waals surface area (Å²) in [6.45, 7) is 1.71. The van der Waals surface area contributed by atoms with Crippen LogP contribution in [0.3, 0.4) is 0 Å². The monoisotopic (exact) mass is 551 g/mol. The molecule has 1 heterocycles. The second-order valence-electron chi connectivity index (χ2n) is 2.49. The van der Waals surface area contributed by atoms with Crippen molar-refractivity contribution >= 4 is 13.5 Å². The predicted octanol–water partition coefficient (Wildman–Crippen LogP) is 0.431. The number of hydrogen-bond acceptors (Lipinski definition) is 3. The maximum absolute atomic E-state index is 5.76. The SMILES string of the molecule is [Hg][CH2]C1COCC([CH2][Hg+])O1.[SH-]. The fourth-order valence-corrected chi connectivity index (χ4v) is 3.34. The van der Waals surface area contributed by atoms with Crippen molar-refractivity contribution in [1.82, 2.24) is 0 Å². The first kappa shape index (κ1) is 13.1. The number of thiol groups is 1. The molecule has 0 amide bonds. The molecule has 2 unspecified atom stereocenters. The minimum atomic E-state index is 0. The van der Waals surface area contributed by atoms with E-state index in [1.807, 2.05) is 0 Å². The molecule has 11 heavy (non-hydrogen) atoms. The van der Waals surface area contributed by atoms with Crippen LogP contribution in [-0.2, 0) is 75.2 Å². The van der Waals surface area contributed by atoms with Crippen molar-refractivity contribution in [1.29, 1.82) is 0 Å². The predicted molar refractivity (Wildman–Crippen MR) is 37.9 cm³/mol. The number of ether oxygens (including phenoxy) is 2. The molecule has 0 aromatic heterocycles. The van der Waals surface area contributed by atoms with Crippen LogP contribution in [0.5, 0.6) is 0 Å². The molecule has 2 atom stereocenters. The van der Waals surface area contributed by atoms with E-state index in [1.54, 1.807) is 0 Å². The van der Waals surface area contributed by atoms with E-state index < -0.39 is 0 Å². The summed E-state index contributed by atoms with van der Waals surface area (Å²) in [6, 6.07) is 0. The summed E-state index contributed by atoms with van der Waals surface area (Å²) < 4.78 is 13.7. The summed E-state index contributed by atoms with van der Waals surface area (Å²) >= 11 is 1.74. The maximum Gasteiger partial charge on any atom is -0.813 e. The van der Waals surface area contributed by atoms with Gasteiger partial charge in [0.1, 0.15) is 0 Å². The van der Waals surface area contributed by atoms with Gasteiger partial charge in [-0.2, -0.15) is 0 Å². The van der Waals surface area contributed by atoms with Gasteiger partial charge in [0.05, 0.1) is 0 Å². The largest absolute Gasteiger partial charge is 0.813 e. The summed E-state index contributed by atoms with van der Waals surface area (Å²) in [4.78, 5) is 0. The van der Waals surface area contributed by atoms with Gasteiger partial charge in [0.25, 0.3) is 0 Å². The van der Waals surface area contributed by atoms with E-state index in [-0.39, 0.29) is 13.5 Å². The number of hydrogen-bond donors (Lipinski definition) is 0. The van der Waals surface area contributed by atoms with E-state index in [2.05, 4.69) is 0 Å². The molecular formula is C6H11Hg2O2S. The van der Waals surface area contributed by atoms with Gasteiger partial charge in [0.2, 0.25) is 0 Å². The Labute approximate surface area is 107 Å². The Kier molecular flexibility index (Phi) is 9.00. The van der Waals surface area contributed by atoms with Crippen LogP contribution in [0.2, 0.25) is 7.86 Å². The Bertz CT molecular complexity index is 94.6. The average molecular weight is 548 g/mol. The molecule has 1 rings (SSSR count). The molecule has 5 heteroatoms. The molecule has 0 N–H and O–H groups in total. The van der Waals surface area contributed by atoms with Crippen LogP contribution >= 0.6 is 0 Å². The van der Waals surface area contributed by atoms with Crippen LogP contribution in [0.15, 0.2) is 0 Å². The second kappa shape index (κ2) is 7.54. The van der Waals surface area contributed by atoms with Crippen molar-refractivity contribution in [3.05, 3.63) is 0 Å². The van der Waals surface area contributed by atoms with E-state index in [1.165, 1.54) is 7.86 Å². The van der Waals surface area contributed by atoms with Gasteiger partial charge >= 0.3 is 95.0 Å². The van der Waals surface area contributed by atoms with Crippen molar-refractivity contribution in [3.8, 4) is 0 Å². The first-order valence-electron chi connectivity index (χ1n) is 3.68. The van der Waals surface area contributed by atoms with Gasteiger partial charge in [-0.15, -0.1) is 0 Å². The Morgan fingerprint density at radius 2 is 2.00 bits per heavy atom. The topological polar surface area (TPSA) is 18.5 Å². The molecule has 57 valence electrons. The molecule has 0 bridgehead atoms. The summed E-state index contributed by atoms with van der Waals surface area (Å²) in [5.41, 5.74) is 0. The summed E-state index contributed by atoms with van der Waals surface area (Å²) in [5.74, 6) is 0. The van der Waals surface area contributed by atoms with Gasteiger partial charge in [-0.25, -0.2) is 0 Å². The van der Waals surface area contributed by atoms with Crippen LogP contribution in [0.1, 0.15) is 0 Å². The molecule has 1 fully saturated rings. The van der Waals surface area contributed by atoms with E-state index in [4.69, 9.17) is 9.47 Å². The van der Waals surface area contributed by atoms with Crippen molar-refractivity contribution in [2.75, 3.05) is 13.2 Å². The van der Waals surface area contributed by atoms with Crippen LogP contribution in [0.4, 0.5) is 0 Å². The van der Waals surface area contributed by atoms with E-state index in [0.29, 0.717) is 12.2 Å². The molecule has 1 saturated heterocycles. The smallest absolute Gasteiger partial charge is 0.813 e. The minimum absolute atomic E-state index is 0. The molecule has 0 aliphatic carbocycles. The molecule has 2 nitrogen and oxygen atoms in total. The zero-order chi connectivity index (χ0) is 7.40. The van der Waals surface area contributed by atoms with Crippen molar-refractivity contribution < 1.29 is 61.7 Å². The van der Waals surface area contributed by atoms with Crippen molar-refractivity contribution in [3.63, 3.8) is 0 Å². The minimum Gasteiger partial charge on any atom is -0.813 e. The molecule has 0 saturated carbocycles. The second-order valence-corrected chi connectivity index (χ2v) is 6.98. The third-order valence-corrected chi connectivity index (χ3v) is 6.64. The molecule has 0 spiro atoms. The third-order valence-electron chi connectivity index (χ3n) is 1.64. The Hall–Kier alpha value is 2.14. The standard InChI is InChI=1S/C6H10O2.2Hg.H2S/c1-5-3-7-4-6(2)8-5;;;/h5-6H,1-4H2;;;1H2/q;;+1;/p-1. The molecule has 0 radical (unpaired) electrons. The molecule has 1 aliphatic rings. The van der Waals surface area contributed by atoms with Crippen molar-refractivity contribution in [2.24, 2.45) is 0 Å². The Balaban J connectivity index is 0.000001000. The third kappa shape index (κ3) is 4.79. The number of rotatable bonds is 2. The molecule has 0 aromatic carbocycles. The first-order valence-corrected chi connectivity index (χ1v) is 11.5. The van der Waals surface area contributed by atoms with Gasteiger partial charge in [0, 0.05) is 0 Å². The van der Waals surface area contributed by atoms with Gasteiger partial charge < -0.3 is 13.5 Å². The summed E-state index contributed by atoms with van der Waals surface area (Å²) in [6.07, 6.45) is 0.927. The van der Waals surface area contributed by atoms with Gasteiger partial charge in [0.15, 0.2) is 0 Å². The van der Waals surface area contributed by atoms with E-state index >= 15 is 0 Å². The van der Waals surface area contributed by atoms with Gasteiger partial charge in [-0.1, -0.05) is 0 Å². The van der Waals surface area contributed by atoms with E-state index in [0.717, 1.165) is 65.5 Å². The molecule has 1 aliphatic heterocycles. The Morgan fingerprint density at radius 3 is 2.55 bits per heavy atom. The van der Waals surface area contributed by atoms with Crippen molar-refractivity contribution in [2.45, 2.75) is 20.1 Å². The zero-order valence-corrected chi connectivity index (χ0v) is 18.6. The van der Waals surface area contributed by atoms with Crippen LogP contribution < -0.4 is 0 Å². The normalized spacial score (nSPS) is 31.3. The Morgan fingerprint density at radius 1 is 1.36 bits per heavy atom. The molecular weight excluding hydrogens is 537 g/mol. The van der Waals surface area contributed by atoms with Crippen LogP contribution in [0, 0.1) is 0 Å². The maximum atomic E-state index is 5.76. The first-order chi connectivity index (χ1) is 4.86. The fourth-order valence-electron chi connectivity index (χ4n) is 0.984. The van der Waals surface area contributed by atoms with Crippen LogP contribution in [0.25, 0.3) is 0 Å². The van der Waals surface area contributed by atoms with Gasteiger partial charge in [-0.3, -0.25) is 0 Å². The zero-order valence-electron chi connectivity index (χ0n) is 6.66. The quantitative estimate of drug-likeness (QED) is 0.284. The molecule has 0 aromatic rings. The average Bonchev–Trinajstić information content (AvgIpc) is 2.05. The fraction of sp³-hybridized carbons (Fsp3) is 1.00. The van der Waals surface area contributed by atoms with E-state index in [9.17, 15) is 0 Å². The summed E-state index contributed by atoms with van der Waals surface area (Å²) in [7, 11) is 0. The van der Waals surface area contributed by atoms with Gasteiger partial charge in [-0.05, 0) is 0 Å². The summed E-state index contributed by atoms with van der Waals surface area (Å²) in [5, 5.41) is 0. The van der Waals surface area contributed by atoms with Crippen LogP contribution in [-0.4, -0.2) is 25.4 Å².